The maximum absolute atomic E-state index is 13.1. The number of hydrogen-bond donors (Lipinski definition) is 0. The standard InChI is InChI=1S/C25H18N4O2S/c1-15-23(25-28(2)18-8-4-5-9-19(18)29(25)27-15)20(30)13-11-16-12-14-21(31-16)24-26-17-7-3-6-10-22(17)32-24/h3-14H,1-2H3. The third kappa shape index (κ3) is 2.82. The van der Waals surface area contributed by atoms with E-state index in [0.29, 0.717) is 22.8 Å². The van der Waals surface area contributed by atoms with Crippen molar-refractivity contribution in [1.82, 2.24) is 19.2 Å². The summed E-state index contributed by atoms with van der Waals surface area (Å²) in [7, 11) is 1.95. The molecule has 4 aromatic heterocycles. The molecule has 2 aromatic carbocycles. The summed E-state index contributed by atoms with van der Waals surface area (Å²) in [5.74, 6) is 1.18. The van der Waals surface area contributed by atoms with Crippen molar-refractivity contribution in [2.45, 2.75) is 6.92 Å². The molecule has 0 N–H and O–H groups in total. The van der Waals surface area contributed by atoms with Gasteiger partial charge in [0.25, 0.3) is 0 Å². The number of furan rings is 1. The van der Waals surface area contributed by atoms with Gasteiger partial charge in [0.2, 0.25) is 0 Å². The molecule has 0 saturated heterocycles. The molecule has 6 nitrogen and oxygen atoms in total. The van der Waals surface area contributed by atoms with Crippen LogP contribution in [-0.4, -0.2) is 24.9 Å². The van der Waals surface area contributed by atoms with E-state index in [1.54, 1.807) is 23.5 Å². The quantitative estimate of drug-likeness (QED) is 0.254. The van der Waals surface area contributed by atoms with Crippen molar-refractivity contribution in [1.29, 1.82) is 0 Å². The van der Waals surface area contributed by atoms with E-state index in [1.165, 1.54) is 0 Å². The van der Waals surface area contributed by atoms with E-state index in [1.807, 2.05) is 83.7 Å². The van der Waals surface area contributed by atoms with Crippen LogP contribution in [0.5, 0.6) is 0 Å². The number of allylic oxidation sites excluding steroid dienone is 1. The van der Waals surface area contributed by atoms with Crippen molar-refractivity contribution in [3.63, 3.8) is 0 Å². The normalized spacial score (nSPS) is 12.1. The third-order valence-corrected chi connectivity index (χ3v) is 6.65. The van der Waals surface area contributed by atoms with Gasteiger partial charge in [-0.3, -0.25) is 4.79 Å². The number of carbonyl (C=O) groups is 1. The molecular formula is C25H18N4O2S. The highest BCUT2D eigenvalue weighted by atomic mass is 32.1. The van der Waals surface area contributed by atoms with Crippen LogP contribution < -0.4 is 0 Å². The lowest BCUT2D eigenvalue weighted by Crippen LogP contribution is -1.99. The van der Waals surface area contributed by atoms with Gasteiger partial charge < -0.3 is 8.98 Å². The molecular weight excluding hydrogens is 420 g/mol. The lowest BCUT2D eigenvalue weighted by Gasteiger charge is -1.98. The molecule has 4 heterocycles. The highest BCUT2D eigenvalue weighted by Gasteiger charge is 2.21. The summed E-state index contributed by atoms with van der Waals surface area (Å²) in [6, 6.07) is 19.7. The number of hydrogen-bond acceptors (Lipinski definition) is 5. The Balaban J connectivity index is 1.34. The Morgan fingerprint density at radius 3 is 2.66 bits per heavy atom. The minimum Gasteiger partial charge on any atom is -0.454 e. The van der Waals surface area contributed by atoms with Gasteiger partial charge >= 0.3 is 0 Å². The summed E-state index contributed by atoms with van der Waals surface area (Å²) < 4.78 is 10.9. The first-order chi connectivity index (χ1) is 15.6. The zero-order valence-corrected chi connectivity index (χ0v) is 18.3. The summed E-state index contributed by atoms with van der Waals surface area (Å²) in [6.07, 6.45) is 3.24. The summed E-state index contributed by atoms with van der Waals surface area (Å²) in [5, 5.41) is 5.43. The maximum atomic E-state index is 13.1. The average molecular weight is 439 g/mol. The minimum absolute atomic E-state index is 0.110. The number of fused-ring (bicyclic) bond motifs is 4. The van der Waals surface area contributed by atoms with Gasteiger partial charge in [0, 0.05) is 7.05 Å². The van der Waals surface area contributed by atoms with Gasteiger partial charge in [-0.25, -0.2) is 9.50 Å². The van der Waals surface area contributed by atoms with Gasteiger partial charge in [0.05, 0.1) is 32.5 Å². The van der Waals surface area contributed by atoms with Crippen LogP contribution in [0.2, 0.25) is 0 Å². The zero-order valence-electron chi connectivity index (χ0n) is 17.4. The van der Waals surface area contributed by atoms with Crippen LogP contribution in [-0.2, 0) is 7.05 Å². The van der Waals surface area contributed by atoms with Crippen molar-refractivity contribution in [2.75, 3.05) is 0 Å². The van der Waals surface area contributed by atoms with Gasteiger partial charge in [-0.15, -0.1) is 11.3 Å². The van der Waals surface area contributed by atoms with Crippen LogP contribution in [0, 0.1) is 6.92 Å². The number of para-hydroxylation sites is 3. The van der Waals surface area contributed by atoms with E-state index in [4.69, 9.17) is 4.42 Å². The smallest absolute Gasteiger partial charge is 0.191 e. The number of imidazole rings is 1. The maximum Gasteiger partial charge on any atom is 0.191 e. The molecule has 0 aliphatic rings. The molecule has 0 radical (unpaired) electrons. The topological polar surface area (TPSA) is 65.3 Å². The molecule has 0 amide bonds. The molecule has 156 valence electrons. The first-order valence-corrected chi connectivity index (χ1v) is 11.0. The molecule has 32 heavy (non-hydrogen) atoms. The number of rotatable bonds is 4. The Bertz CT molecular complexity index is 1650. The van der Waals surface area contributed by atoms with Gasteiger partial charge in [-0.05, 0) is 55.5 Å². The van der Waals surface area contributed by atoms with Crippen molar-refractivity contribution in [2.24, 2.45) is 7.05 Å². The van der Waals surface area contributed by atoms with Crippen molar-refractivity contribution >= 4 is 50.1 Å². The monoisotopic (exact) mass is 438 g/mol. The molecule has 0 bridgehead atoms. The van der Waals surface area contributed by atoms with Gasteiger partial charge in [-0.2, -0.15) is 5.10 Å². The Kier molecular flexibility index (Phi) is 4.13. The van der Waals surface area contributed by atoms with Crippen molar-refractivity contribution in [3.8, 4) is 10.8 Å². The van der Waals surface area contributed by atoms with Crippen LogP contribution in [0.3, 0.4) is 0 Å². The Labute approximate surface area is 187 Å². The van der Waals surface area contributed by atoms with Gasteiger partial charge in [0.15, 0.2) is 16.6 Å². The second-order valence-electron chi connectivity index (χ2n) is 7.63. The highest BCUT2D eigenvalue weighted by Crippen LogP contribution is 2.31. The van der Waals surface area contributed by atoms with Crippen LogP contribution in [0.4, 0.5) is 0 Å². The number of nitrogens with zero attached hydrogens (tertiary/aromatic N) is 4. The second kappa shape index (κ2) is 7.03. The molecule has 6 rings (SSSR count). The van der Waals surface area contributed by atoms with Crippen LogP contribution in [0.1, 0.15) is 21.8 Å². The van der Waals surface area contributed by atoms with E-state index in [0.717, 1.165) is 31.9 Å². The Morgan fingerprint density at radius 2 is 1.81 bits per heavy atom. The molecule has 7 heteroatoms. The number of thiazole rings is 1. The summed E-state index contributed by atoms with van der Waals surface area (Å²) in [6.45, 7) is 1.86. The van der Waals surface area contributed by atoms with E-state index in [-0.39, 0.29) is 5.78 Å². The van der Waals surface area contributed by atoms with Crippen LogP contribution >= 0.6 is 11.3 Å². The Hall–Kier alpha value is -3.97. The van der Waals surface area contributed by atoms with Crippen LogP contribution in [0.15, 0.2) is 71.2 Å². The Morgan fingerprint density at radius 1 is 1.03 bits per heavy atom. The fourth-order valence-corrected chi connectivity index (χ4v) is 5.03. The molecule has 0 aliphatic heterocycles. The third-order valence-electron chi connectivity index (χ3n) is 5.60. The van der Waals surface area contributed by atoms with E-state index in [2.05, 4.69) is 10.1 Å². The zero-order chi connectivity index (χ0) is 21.8. The highest BCUT2D eigenvalue weighted by molar-refractivity contribution is 7.21. The first kappa shape index (κ1) is 18.8. The molecule has 0 fully saturated rings. The van der Waals surface area contributed by atoms with E-state index < -0.39 is 0 Å². The number of benzene rings is 2. The predicted octanol–water partition coefficient (Wildman–Crippen LogP) is 5.90. The predicted molar refractivity (Wildman–Crippen MR) is 127 cm³/mol. The molecule has 0 saturated carbocycles. The van der Waals surface area contributed by atoms with Crippen LogP contribution in [0.25, 0.3) is 43.7 Å². The molecule has 0 aliphatic carbocycles. The minimum atomic E-state index is -0.110. The van der Waals surface area contributed by atoms with Gasteiger partial charge in [-0.1, -0.05) is 24.3 Å². The van der Waals surface area contributed by atoms with E-state index in [9.17, 15) is 4.79 Å². The summed E-state index contributed by atoms with van der Waals surface area (Å²) in [4.78, 5) is 17.8. The summed E-state index contributed by atoms with van der Waals surface area (Å²) >= 11 is 1.58. The number of aryl methyl sites for hydroxylation is 2. The van der Waals surface area contributed by atoms with Crippen molar-refractivity contribution < 1.29 is 9.21 Å². The molecule has 6 aromatic rings. The average Bonchev–Trinajstić information content (AvgIpc) is 3.56. The van der Waals surface area contributed by atoms with Gasteiger partial charge in [0.1, 0.15) is 11.4 Å². The van der Waals surface area contributed by atoms with Crippen molar-refractivity contribution in [3.05, 3.63) is 83.8 Å². The SMILES string of the molecule is Cc1nn2c3ccccc3n(C)c2c1C(=O)C=Cc1ccc(-c2nc3ccccc3s2)o1. The lowest BCUT2D eigenvalue weighted by molar-refractivity contribution is 0.104. The fourth-order valence-electron chi connectivity index (χ4n) is 4.10. The fraction of sp³-hybridized carbons (Fsp3) is 0.0800. The number of aromatic nitrogens is 4. The molecule has 0 spiro atoms. The van der Waals surface area contributed by atoms with E-state index >= 15 is 0 Å². The molecule has 0 atom stereocenters. The summed E-state index contributed by atoms with van der Waals surface area (Å²) in [5.41, 5.74) is 5.03. The number of ketones is 1. The molecule has 0 unspecified atom stereocenters. The lowest BCUT2D eigenvalue weighted by atomic mass is 10.1. The first-order valence-electron chi connectivity index (χ1n) is 10.2. The largest absolute Gasteiger partial charge is 0.454 e. The number of carbonyl (C=O) groups excluding carboxylic acids is 1. The second-order valence-corrected chi connectivity index (χ2v) is 8.66.